The number of carbonyl (C=O) groups excluding carboxylic acids is 1. The molecule has 30 heavy (non-hydrogen) atoms. The Balaban J connectivity index is 2.10. The minimum atomic E-state index is -3.85. The maximum atomic E-state index is 12.3. The summed E-state index contributed by atoms with van der Waals surface area (Å²) < 4.78 is 41.3. The molecule has 0 saturated heterocycles. The largest absolute Gasteiger partial charge is 0.496 e. The van der Waals surface area contributed by atoms with Crippen molar-refractivity contribution in [3.63, 3.8) is 0 Å². The van der Waals surface area contributed by atoms with Crippen molar-refractivity contribution in [3.8, 4) is 5.75 Å². The van der Waals surface area contributed by atoms with Gasteiger partial charge in [-0.3, -0.25) is 4.18 Å². The van der Waals surface area contributed by atoms with Gasteiger partial charge in [0, 0.05) is 10.0 Å². The van der Waals surface area contributed by atoms with Crippen LogP contribution in [-0.4, -0.2) is 35.2 Å². The number of hydrogen-bond acceptors (Lipinski definition) is 6. The molecule has 0 amide bonds. The summed E-state index contributed by atoms with van der Waals surface area (Å²) in [7, 11) is -0.998. The summed E-state index contributed by atoms with van der Waals surface area (Å²) in [5, 5.41) is 0. The first-order valence-corrected chi connectivity index (χ1v) is 12.0. The standard InChI is InChI=1S/C21H22Br2O6S/c1-14-6-8-17(9-7-14)30(25,26)29-10-4-5-15(21(24)28-3)11-16-12-20(27-2)19(23)13-18(16)22/h6-9,11-13H,4-5,10H2,1-3H3. The van der Waals surface area contributed by atoms with E-state index in [9.17, 15) is 13.2 Å². The van der Waals surface area contributed by atoms with Gasteiger partial charge in [-0.25, -0.2) is 4.79 Å². The van der Waals surface area contributed by atoms with Crippen LogP contribution < -0.4 is 4.74 Å². The van der Waals surface area contributed by atoms with Crippen LogP contribution in [0, 0.1) is 6.92 Å². The maximum Gasteiger partial charge on any atom is 0.333 e. The zero-order valence-electron chi connectivity index (χ0n) is 16.8. The fraction of sp³-hybridized carbons (Fsp3) is 0.286. The van der Waals surface area contributed by atoms with E-state index in [0.717, 1.165) is 20.1 Å². The Hall–Kier alpha value is -1.68. The molecule has 6 nitrogen and oxygen atoms in total. The molecule has 2 aromatic rings. The van der Waals surface area contributed by atoms with Crippen molar-refractivity contribution in [1.29, 1.82) is 0 Å². The first-order chi connectivity index (χ1) is 14.2. The lowest BCUT2D eigenvalue weighted by molar-refractivity contribution is -0.136. The van der Waals surface area contributed by atoms with Gasteiger partial charge in [-0.2, -0.15) is 8.42 Å². The molecule has 2 aromatic carbocycles. The minimum absolute atomic E-state index is 0.0601. The molecule has 0 aliphatic heterocycles. The average molecular weight is 562 g/mol. The summed E-state index contributed by atoms with van der Waals surface area (Å²) >= 11 is 6.87. The van der Waals surface area contributed by atoms with Gasteiger partial charge in [-0.1, -0.05) is 33.6 Å². The molecule has 0 bridgehead atoms. The second-order valence-corrected chi connectivity index (χ2v) is 9.69. The van der Waals surface area contributed by atoms with Crippen LogP contribution in [0.25, 0.3) is 6.08 Å². The lowest BCUT2D eigenvalue weighted by Crippen LogP contribution is -2.10. The van der Waals surface area contributed by atoms with Crippen molar-refractivity contribution in [2.24, 2.45) is 0 Å². The predicted molar refractivity (Wildman–Crippen MR) is 122 cm³/mol. The van der Waals surface area contributed by atoms with Gasteiger partial charge in [0.25, 0.3) is 10.1 Å². The molecule has 0 unspecified atom stereocenters. The molecule has 0 spiro atoms. The van der Waals surface area contributed by atoms with Crippen LogP contribution in [0.1, 0.15) is 24.0 Å². The smallest absolute Gasteiger partial charge is 0.333 e. The van der Waals surface area contributed by atoms with Crippen LogP contribution >= 0.6 is 31.9 Å². The number of carbonyl (C=O) groups is 1. The number of aryl methyl sites for hydroxylation is 1. The molecular weight excluding hydrogens is 540 g/mol. The van der Waals surface area contributed by atoms with Crippen LogP contribution in [0.4, 0.5) is 0 Å². The minimum Gasteiger partial charge on any atom is -0.496 e. The summed E-state index contributed by atoms with van der Waals surface area (Å²) in [6, 6.07) is 10.0. The molecule has 0 aliphatic rings. The van der Waals surface area contributed by atoms with Crippen molar-refractivity contribution < 1.29 is 26.9 Å². The molecule has 0 radical (unpaired) electrons. The summed E-state index contributed by atoms with van der Waals surface area (Å²) in [6.45, 7) is 1.81. The van der Waals surface area contributed by atoms with E-state index in [0.29, 0.717) is 17.7 Å². The third-order valence-electron chi connectivity index (χ3n) is 4.19. The predicted octanol–water partition coefficient (Wildman–Crippen LogP) is 5.27. The first kappa shape index (κ1) is 24.6. The van der Waals surface area contributed by atoms with Crippen molar-refractivity contribution in [2.45, 2.75) is 24.7 Å². The number of esters is 1. The highest BCUT2D eigenvalue weighted by Gasteiger charge is 2.16. The second kappa shape index (κ2) is 11.1. The molecule has 9 heteroatoms. The van der Waals surface area contributed by atoms with E-state index >= 15 is 0 Å². The van der Waals surface area contributed by atoms with Crippen LogP contribution in [-0.2, 0) is 23.8 Å². The molecule has 162 valence electrons. The zero-order valence-corrected chi connectivity index (χ0v) is 20.8. The van der Waals surface area contributed by atoms with E-state index in [-0.39, 0.29) is 17.9 Å². The third-order valence-corrected chi connectivity index (χ3v) is 6.82. The van der Waals surface area contributed by atoms with E-state index < -0.39 is 16.1 Å². The maximum absolute atomic E-state index is 12.3. The molecule has 2 rings (SSSR count). The van der Waals surface area contributed by atoms with Crippen LogP contribution in [0.3, 0.4) is 0 Å². The zero-order chi connectivity index (χ0) is 22.3. The van der Waals surface area contributed by atoms with Gasteiger partial charge in [0.1, 0.15) is 5.75 Å². The summed E-state index contributed by atoms with van der Waals surface area (Å²) in [5.74, 6) is 0.117. The topological polar surface area (TPSA) is 78.9 Å². The fourth-order valence-corrected chi connectivity index (χ4v) is 4.78. The summed E-state index contributed by atoms with van der Waals surface area (Å²) in [6.07, 6.45) is 2.28. The quantitative estimate of drug-likeness (QED) is 0.179. The molecule has 0 aromatic heterocycles. The number of hydrogen-bond donors (Lipinski definition) is 0. The number of halogens is 2. The van der Waals surface area contributed by atoms with Gasteiger partial charge in [0.2, 0.25) is 0 Å². The van der Waals surface area contributed by atoms with Gasteiger partial charge in [0.05, 0.1) is 30.2 Å². The van der Waals surface area contributed by atoms with Gasteiger partial charge >= 0.3 is 5.97 Å². The molecular formula is C21H22Br2O6S. The lowest BCUT2D eigenvalue weighted by atomic mass is 10.1. The highest BCUT2D eigenvalue weighted by Crippen LogP contribution is 2.33. The molecule has 0 atom stereocenters. The third kappa shape index (κ3) is 6.66. The van der Waals surface area contributed by atoms with E-state index in [1.54, 1.807) is 31.4 Å². The Labute approximate surface area is 193 Å². The monoisotopic (exact) mass is 560 g/mol. The van der Waals surface area contributed by atoms with Gasteiger partial charge in [0.15, 0.2) is 0 Å². The molecule has 0 aliphatic carbocycles. The van der Waals surface area contributed by atoms with Gasteiger partial charge in [-0.05, 0) is 71.6 Å². The van der Waals surface area contributed by atoms with Crippen molar-refractivity contribution >= 4 is 54.0 Å². The molecule has 0 N–H and O–H groups in total. The summed E-state index contributed by atoms with van der Waals surface area (Å²) in [4.78, 5) is 12.3. The average Bonchev–Trinajstić information content (AvgIpc) is 2.71. The van der Waals surface area contributed by atoms with Crippen molar-refractivity contribution in [3.05, 3.63) is 62.0 Å². The Morgan fingerprint density at radius 2 is 1.73 bits per heavy atom. The second-order valence-electron chi connectivity index (χ2n) is 6.36. The SMILES string of the molecule is COC(=O)C(=Cc1cc(OC)c(Br)cc1Br)CCCOS(=O)(=O)c1ccc(C)cc1. The van der Waals surface area contributed by atoms with Crippen LogP contribution in [0.2, 0.25) is 0 Å². The van der Waals surface area contributed by atoms with Gasteiger partial charge < -0.3 is 9.47 Å². The summed E-state index contributed by atoms with van der Waals surface area (Å²) in [5.41, 5.74) is 2.07. The Morgan fingerprint density at radius 3 is 2.33 bits per heavy atom. The Kier molecular flexibility index (Phi) is 9.09. The number of ether oxygens (including phenoxy) is 2. The van der Waals surface area contributed by atoms with E-state index in [2.05, 4.69) is 31.9 Å². The number of benzene rings is 2. The Morgan fingerprint density at radius 1 is 1.07 bits per heavy atom. The fourth-order valence-electron chi connectivity index (χ4n) is 2.57. The highest BCUT2D eigenvalue weighted by molar-refractivity contribution is 9.11. The van der Waals surface area contributed by atoms with Crippen LogP contribution in [0.15, 0.2) is 55.8 Å². The lowest BCUT2D eigenvalue weighted by Gasteiger charge is -2.10. The highest BCUT2D eigenvalue weighted by atomic mass is 79.9. The van der Waals surface area contributed by atoms with E-state index in [1.807, 2.05) is 13.0 Å². The normalized spacial score (nSPS) is 12.0. The Bertz CT molecular complexity index is 1030. The van der Waals surface area contributed by atoms with E-state index in [4.69, 9.17) is 13.7 Å². The van der Waals surface area contributed by atoms with Crippen molar-refractivity contribution in [1.82, 2.24) is 0 Å². The van der Waals surface area contributed by atoms with Crippen molar-refractivity contribution in [2.75, 3.05) is 20.8 Å². The molecule has 0 fully saturated rings. The van der Waals surface area contributed by atoms with E-state index in [1.165, 1.54) is 19.2 Å². The number of rotatable bonds is 9. The molecule has 0 saturated carbocycles. The van der Waals surface area contributed by atoms with Crippen LogP contribution in [0.5, 0.6) is 5.75 Å². The molecule has 0 heterocycles. The first-order valence-electron chi connectivity index (χ1n) is 8.96. The number of methoxy groups -OCH3 is 2. The van der Waals surface area contributed by atoms with Gasteiger partial charge in [-0.15, -0.1) is 0 Å².